The molecule has 0 aliphatic heterocycles. The van der Waals surface area contributed by atoms with E-state index in [1.54, 1.807) is 4.31 Å². The van der Waals surface area contributed by atoms with Crippen LogP contribution >= 0.6 is 11.3 Å². The van der Waals surface area contributed by atoms with Gasteiger partial charge < -0.3 is 5.32 Å². The minimum absolute atomic E-state index is 0.236. The van der Waals surface area contributed by atoms with E-state index >= 15 is 0 Å². The number of hydrogen-bond acceptors (Lipinski definition) is 4. The Bertz CT molecular complexity index is 548. The molecule has 6 heteroatoms. The third kappa shape index (κ3) is 3.42. The van der Waals surface area contributed by atoms with Gasteiger partial charge in [-0.25, -0.2) is 8.42 Å². The Kier molecular flexibility index (Phi) is 5.23. The Hall–Kier alpha value is -0.430. The molecule has 1 N–H and O–H groups in total. The number of nitrogens with one attached hydrogen (secondary N) is 1. The van der Waals surface area contributed by atoms with Crippen LogP contribution in [-0.4, -0.2) is 31.9 Å². The maximum atomic E-state index is 12.8. The van der Waals surface area contributed by atoms with Crippen molar-refractivity contribution >= 4 is 21.4 Å². The van der Waals surface area contributed by atoms with Gasteiger partial charge in [0.05, 0.1) is 0 Å². The number of nitrogens with zero attached hydrogens (tertiary/aromatic N) is 1. The van der Waals surface area contributed by atoms with Gasteiger partial charge in [-0.1, -0.05) is 13.8 Å². The molecule has 0 atom stereocenters. The smallest absolute Gasteiger partial charge is 0.252 e. The fourth-order valence-electron chi connectivity index (χ4n) is 2.23. The number of aryl methyl sites for hydroxylation is 1. The molecule has 1 aliphatic carbocycles. The molecule has 1 aliphatic rings. The lowest BCUT2D eigenvalue weighted by molar-refractivity contribution is 0.404. The number of thiophene rings is 1. The molecule has 2 rings (SSSR count). The van der Waals surface area contributed by atoms with E-state index in [1.807, 2.05) is 19.9 Å². The molecule has 0 saturated heterocycles. The second-order valence-corrected chi connectivity index (χ2v) is 8.55. The molecule has 0 spiro atoms. The normalized spacial score (nSPS) is 16.0. The van der Waals surface area contributed by atoms with Gasteiger partial charge in [0.25, 0.3) is 10.0 Å². The van der Waals surface area contributed by atoms with E-state index in [4.69, 9.17) is 0 Å². The molecule has 20 heavy (non-hydrogen) atoms. The SMILES string of the molecule is CCCN(C1CC1)S(=O)(=O)c1cc(C)c(CNCC)s1. The Balaban J connectivity index is 2.24. The first kappa shape index (κ1) is 15.9. The lowest BCUT2D eigenvalue weighted by Crippen LogP contribution is -2.33. The van der Waals surface area contributed by atoms with Crippen LogP contribution in [0.25, 0.3) is 0 Å². The summed E-state index contributed by atoms with van der Waals surface area (Å²) in [6.07, 6.45) is 2.88. The predicted molar refractivity (Wildman–Crippen MR) is 83.6 cm³/mol. The van der Waals surface area contributed by atoms with E-state index in [2.05, 4.69) is 12.2 Å². The topological polar surface area (TPSA) is 49.4 Å². The van der Waals surface area contributed by atoms with Crippen LogP contribution in [0.1, 0.15) is 43.6 Å². The Morgan fingerprint density at radius 1 is 1.40 bits per heavy atom. The summed E-state index contributed by atoms with van der Waals surface area (Å²) in [6.45, 7) is 8.34. The molecule has 0 radical (unpaired) electrons. The van der Waals surface area contributed by atoms with Gasteiger partial charge in [-0.05, 0) is 44.4 Å². The van der Waals surface area contributed by atoms with Gasteiger partial charge >= 0.3 is 0 Å². The van der Waals surface area contributed by atoms with Crippen LogP contribution in [0.2, 0.25) is 0 Å². The second kappa shape index (κ2) is 6.56. The van der Waals surface area contributed by atoms with Crippen molar-refractivity contribution in [2.75, 3.05) is 13.1 Å². The number of rotatable bonds is 8. The van der Waals surface area contributed by atoms with E-state index in [0.29, 0.717) is 10.8 Å². The molecule has 1 aromatic heterocycles. The Labute approximate surface area is 126 Å². The monoisotopic (exact) mass is 316 g/mol. The maximum absolute atomic E-state index is 12.8. The minimum Gasteiger partial charge on any atom is -0.312 e. The fourth-order valence-corrected chi connectivity index (χ4v) is 5.69. The summed E-state index contributed by atoms with van der Waals surface area (Å²) in [5.74, 6) is 0. The van der Waals surface area contributed by atoms with Crippen LogP contribution in [0, 0.1) is 6.92 Å². The molecular formula is C14H24N2O2S2. The summed E-state index contributed by atoms with van der Waals surface area (Å²) in [5, 5.41) is 3.26. The Morgan fingerprint density at radius 3 is 2.65 bits per heavy atom. The summed E-state index contributed by atoms with van der Waals surface area (Å²) in [4.78, 5) is 1.12. The zero-order valence-corrected chi connectivity index (χ0v) is 14.1. The van der Waals surface area contributed by atoms with Crippen LogP contribution in [0.15, 0.2) is 10.3 Å². The number of hydrogen-bond donors (Lipinski definition) is 1. The average molecular weight is 316 g/mol. The quantitative estimate of drug-likeness (QED) is 0.802. The minimum atomic E-state index is -3.30. The van der Waals surface area contributed by atoms with Crippen molar-refractivity contribution in [1.82, 2.24) is 9.62 Å². The van der Waals surface area contributed by atoms with Gasteiger partial charge in [0, 0.05) is 24.0 Å². The van der Waals surface area contributed by atoms with Gasteiger partial charge in [0.1, 0.15) is 4.21 Å². The zero-order chi connectivity index (χ0) is 14.8. The van der Waals surface area contributed by atoms with Crippen LogP contribution in [0.3, 0.4) is 0 Å². The molecule has 0 bridgehead atoms. The fraction of sp³-hybridized carbons (Fsp3) is 0.714. The first-order valence-electron chi connectivity index (χ1n) is 7.32. The van der Waals surface area contributed by atoms with Crippen LogP contribution in [-0.2, 0) is 16.6 Å². The largest absolute Gasteiger partial charge is 0.312 e. The average Bonchev–Trinajstić information content (AvgIpc) is 3.16. The standard InChI is InChI=1S/C14H24N2O2S2/c1-4-8-16(12-6-7-12)20(17,18)14-9-11(3)13(19-14)10-15-5-2/h9,12,15H,4-8,10H2,1-3H3. The molecule has 0 aromatic carbocycles. The first-order chi connectivity index (χ1) is 9.50. The van der Waals surface area contributed by atoms with E-state index in [9.17, 15) is 8.42 Å². The third-order valence-corrected chi connectivity index (χ3v) is 7.13. The first-order valence-corrected chi connectivity index (χ1v) is 9.58. The van der Waals surface area contributed by atoms with Crippen LogP contribution < -0.4 is 5.32 Å². The Morgan fingerprint density at radius 2 is 2.10 bits per heavy atom. The predicted octanol–water partition coefficient (Wildman–Crippen LogP) is 2.73. The van der Waals surface area contributed by atoms with Gasteiger partial charge in [0.2, 0.25) is 0 Å². The van der Waals surface area contributed by atoms with E-state index < -0.39 is 10.0 Å². The summed E-state index contributed by atoms with van der Waals surface area (Å²) in [5.41, 5.74) is 1.07. The van der Waals surface area contributed by atoms with Crippen molar-refractivity contribution in [3.05, 3.63) is 16.5 Å². The highest BCUT2D eigenvalue weighted by Gasteiger charge is 2.38. The molecule has 0 amide bonds. The lowest BCUT2D eigenvalue weighted by atomic mass is 10.3. The van der Waals surface area contributed by atoms with Crippen molar-refractivity contribution < 1.29 is 8.42 Å². The molecule has 1 saturated carbocycles. The summed E-state index contributed by atoms with van der Waals surface area (Å²) < 4.78 is 27.7. The highest BCUT2D eigenvalue weighted by atomic mass is 32.2. The zero-order valence-electron chi connectivity index (χ0n) is 12.5. The van der Waals surface area contributed by atoms with Crippen molar-refractivity contribution in [3.8, 4) is 0 Å². The van der Waals surface area contributed by atoms with E-state index in [1.165, 1.54) is 11.3 Å². The summed E-state index contributed by atoms with van der Waals surface area (Å²) in [6, 6.07) is 2.07. The highest BCUT2D eigenvalue weighted by Crippen LogP contribution is 2.35. The second-order valence-electron chi connectivity index (χ2n) is 5.30. The molecule has 1 heterocycles. The van der Waals surface area contributed by atoms with Crippen molar-refractivity contribution in [2.45, 2.75) is 56.8 Å². The van der Waals surface area contributed by atoms with Crippen LogP contribution in [0.5, 0.6) is 0 Å². The van der Waals surface area contributed by atoms with Gasteiger partial charge in [-0.3, -0.25) is 0 Å². The molecule has 0 unspecified atom stereocenters. The molecule has 4 nitrogen and oxygen atoms in total. The van der Waals surface area contributed by atoms with Crippen molar-refractivity contribution in [3.63, 3.8) is 0 Å². The number of sulfonamides is 1. The molecule has 1 fully saturated rings. The van der Waals surface area contributed by atoms with Gasteiger partial charge in [0.15, 0.2) is 0 Å². The van der Waals surface area contributed by atoms with Crippen molar-refractivity contribution in [2.24, 2.45) is 0 Å². The van der Waals surface area contributed by atoms with E-state index in [-0.39, 0.29) is 6.04 Å². The van der Waals surface area contributed by atoms with Crippen molar-refractivity contribution in [1.29, 1.82) is 0 Å². The summed E-state index contributed by atoms with van der Waals surface area (Å²) >= 11 is 1.41. The molecule has 1 aromatic rings. The molecular weight excluding hydrogens is 292 g/mol. The van der Waals surface area contributed by atoms with Gasteiger partial charge in [-0.15, -0.1) is 11.3 Å². The highest BCUT2D eigenvalue weighted by molar-refractivity contribution is 7.91. The van der Waals surface area contributed by atoms with Crippen LogP contribution in [0.4, 0.5) is 0 Å². The third-order valence-electron chi connectivity index (χ3n) is 3.49. The maximum Gasteiger partial charge on any atom is 0.252 e. The summed E-state index contributed by atoms with van der Waals surface area (Å²) in [7, 11) is -3.30. The van der Waals surface area contributed by atoms with Gasteiger partial charge in [-0.2, -0.15) is 4.31 Å². The lowest BCUT2D eigenvalue weighted by Gasteiger charge is -2.20. The molecule has 114 valence electrons. The van der Waals surface area contributed by atoms with E-state index in [0.717, 1.165) is 42.8 Å².